The number of carbonyl (C=O) groups excluding carboxylic acids is 2. The number of hydrogen-bond acceptors (Lipinski definition) is 7. The summed E-state index contributed by atoms with van der Waals surface area (Å²) >= 11 is 1.11. The molecule has 1 aromatic heterocycles. The number of nitrogens with zero attached hydrogens (tertiary/aromatic N) is 1. The Kier molecular flexibility index (Phi) is 6.80. The maximum atomic E-state index is 12.3. The van der Waals surface area contributed by atoms with E-state index in [1.807, 2.05) is 0 Å². The van der Waals surface area contributed by atoms with E-state index in [0.29, 0.717) is 11.3 Å². The standard InChI is InChI=1S/C20H19N3O5S2/c1-28-19(25)15-9-7-14(8-10-15)12-21-18(24)11-16-13-29-20(22-16)23-30(26,27)17-5-3-2-4-6-17/h2-10,13H,11-12H2,1H3,(H,21,24)(H,22,23). The van der Waals surface area contributed by atoms with E-state index in [2.05, 4.69) is 19.8 Å². The molecule has 0 spiro atoms. The van der Waals surface area contributed by atoms with E-state index in [1.54, 1.807) is 47.8 Å². The fraction of sp³-hybridized carbons (Fsp3) is 0.150. The lowest BCUT2D eigenvalue weighted by Gasteiger charge is -2.06. The van der Waals surface area contributed by atoms with Gasteiger partial charge >= 0.3 is 5.97 Å². The Morgan fingerprint density at radius 2 is 1.77 bits per heavy atom. The molecule has 0 aliphatic heterocycles. The van der Waals surface area contributed by atoms with Crippen LogP contribution in [-0.2, 0) is 32.5 Å². The first-order valence-corrected chi connectivity index (χ1v) is 11.2. The average molecular weight is 446 g/mol. The van der Waals surface area contributed by atoms with Crippen LogP contribution in [-0.4, -0.2) is 32.4 Å². The summed E-state index contributed by atoms with van der Waals surface area (Å²) in [4.78, 5) is 27.9. The quantitative estimate of drug-likeness (QED) is 0.515. The number of amides is 1. The van der Waals surface area contributed by atoms with Gasteiger partial charge in [-0.15, -0.1) is 11.3 Å². The van der Waals surface area contributed by atoms with Crippen molar-refractivity contribution in [3.8, 4) is 0 Å². The van der Waals surface area contributed by atoms with E-state index in [4.69, 9.17) is 0 Å². The normalized spacial score (nSPS) is 11.0. The topological polar surface area (TPSA) is 114 Å². The molecule has 8 nitrogen and oxygen atoms in total. The molecule has 0 atom stereocenters. The van der Waals surface area contributed by atoms with E-state index < -0.39 is 16.0 Å². The van der Waals surface area contributed by atoms with Crippen LogP contribution in [0.5, 0.6) is 0 Å². The van der Waals surface area contributed by atoms with Gasteiger partial charge in [-0.25, -0.2) is 18.2 Å². The van der Waals surface area contributed by atoms with Gasteiger partial charge < -0.3 is 10.1 Å². The molecular formula is C20H19N3O5S2. The minimum Gasteiger partial charge on any atom is -0.465 e. The molecule has 1 heterocycles. The number of aromatic nitrogens is 1. The van der Waals surface area contributed by atoms with Crippen LogP contribution in [0, 0.1) is 0 Å². The third-order valence-corrected chi connectivity index (χ3v) is 6.32. The SMILES string of the molecule is COC(=O)c1ccc(CNC(=O)Cc2csc(NS(=O)(=O)c3ccccc3)n2)cc1. The Morgan fingerprint density at radius 3 is 2.43 bits per heavy atom. The number of esters is 1. The van der Waals surface area contributed by atoms with Crippen molar-refractivity contribution < 1.29 is 22.7 Å². The van der Waals surface area contributed by atoms with Crippen LogP contribution in [0.2, 0.25) is 0 Å². The highest BCUT2D eigenvalue weighted by Crippen LogP contribution is 2.20. The van der Waals surface area contributed by atoms with E-state index in [-0.39, 0.29) is 28.9 Å². The van der Waals surface area contributed by atoms with Gasteiger partial charge in [-0.1, -0.05) is 30.3 Å². The molecule has 0 aliphatic carbocycles. The van der Waals surface area contributed by atoms with Crippen LogP contribution in [0.15, 0.2) is 64.9 Å². The number of ether oxygens (including phenoxy) is 1. The Hall–Kier alpha value is -3.24. The summed E-state index contributed by atoms with van der Waals surface area (Å²) in [5, 5.41) is 4.59. The number of thiazole rings is 1. The predicted molar refractivity (Wildman–Crippen MR) is 113 cm³/mol. The summed E-state index contributed by atoms with van der Waals surface area (Å²) in [5.74, 6) is -0.678. The van der Waals surface area contributed by atoms with Gasteiger partial charge in [-0.3, -0.25) is 9.52 Å². The number of methoxy groups -OCH3 is 1. The van der Waals surface area contributed by atoms with Gasteiger partial charge in [0.2, 0.25) is 5.91 Å². The minimum absolute atomic E-state index is 0.0177. The maximum Gasteiger partial charge on any atom is 0.337 e. The molecule has 0 aliphatic rings. The molecule has 1 amide bonds. The average Bonchev–Trinajstić information content (AvgIpc) is 3.18. The Bertz CT molecular complexity index is 1130. The van der Waals surface area contributed by atoms with Crippen molar-refractivity contribution in [2.45, 2.75) is 17.9 Å². The van der Waals surface area contributed by atoms with Crippen LogP contribution >= 0.6 is 11.3 Å². The largest absolute Gasteiger partial charge is 0.465 e. The molecule has 0 unspecified atom stereocenters. The van der Waals surface area contributed by atoms with Gasteiger partial charge in [-0.2, -0.15) is 0 Å². The number of benzene rings is 2. The number of nitrogens with one attached hydrogen (secondary N) is 2. The number of carbonyl (C=O) groups is 2. The van der Waals surface area contributed by atoms with Crippen LogP contribution in [0.1, 0.15) is 21.6 Å². The van der Waals surface area contributed by atoms with E-state index in [0.717, 1.165) is 16.9 Å². The molecule has 0 fully saturated rings. The first-order valence-electron chi connectivity index (χ1n) is 8.83. The van der Waals surface area contributed by atoms with Crippen molar-refractivity contribution in [3.05, 3.63) is 76.8 Å². The summed E-state index contributed by atoms with van der Waals surface area (Å²) < 4.78 is 31.7. The molecule has 2 N–H and O–H groups in total. The number of anilines is 1. The zero-order valence-electron chi connectivity index (χ0n) is 16.0. The molecule has 3 aromatic rings. The fourth-order valence-corrected chi connectivity index (χ4v) is 4.50. The van der Waals surface area contributed by atoms with E-state index in [1.165, 1.54) is 19.2 Å². The molecule has 30 heavy (non-hydrogen) atoms. The number of rotatable bonds is 8. The van der Waals surface area contributed by atoms with Crippen molar-refractivity contribution in [1.82, 2.24) is 10.3 Å². The van der Waals surface area contributed by atoms with Crippen LogP contribution in [0.25, 0.3) is 0 Å². The van der Waals surface area contributed by atoms with Gasteiger partial charge in [0.1, 0.15) is 0 Å². The monoisotopic (exact) mass is 445 g/mol. The molecule has 2 aromatic carbocycles. The highest BCUT2D eigenvalue weighted by molar-refractivity contribution is 7.93. The number of hydrogen-bond donors (Lipinski definition) is 2. The summed E-state index contributed by atoms with van der Waals surface area (Å²) in [6.45, 7) is 0.290. The smallest absolute Gasteiger partial charge is 0.337 e. The summed E-state index contributed by atoms with van der Waals surface area (Å²) in [6.07, 6.45) is 0.0177. The van der Waals surface area contributed by atoms with Crippen molar-refractivity contribution in [1.29, 1.82) is 0 Å². The van der Waals surface area contributed by atoms with Crippen LogP contribution in [0.4, 0.5) is 5.13 Å². The molecular weight excluding hydrogens is 426 g/mol. The molecule has 0 saturated heterocycles. The Balaban J connectivity index is 1.53. The maximum absolute atomic E-state index is 12.3. The summed E-state index contributed by atoms with van der Waals surface area (Å²) in [7, 11) is -2.41. The second-order valence-electron chi connectivity index (χ2n) is 6.20. The first kappa shape index (κ1) is 21.5. The van der Waals surface area contributed by atoms with Gasteiger partial charge in [-0.05, 0) is 29.8 Å². The summed E-state index contributed by atoms with van der Waals surface area (Å²) in [6, 6.07) is 14.7. The zero-order valence-corrected chi connectivity index (χ0v) is 17.6. The third-order valence-electron chi connectivity index (χ3n) is 4.03. The lowest BCUT2D eigenvalue weighted by atomic mass is 10.1. The van der Waals surface area contributed by atoms with Crippen molar-refractivity contribution >= 4 is 38.4 Å². The highest BCUT2D eigenvalue weighted by atomic mass is 32.2. The molecule has 10 heteroatoms. The lowest BCUT2D eigenvalue weighted by molar-refractivity contribution is -0.120. The van der Waals surface area contributed by atoms with Crippen molar-refractivity contribution in [2.24, 2.45) is 0 Å². The predicted octanol–water partition coefficient (Wildman–Crippen LogP) is 2.59. The van der Waals surface area contributed by atoms with Crippen LogP contribution < -0.4 is 10.0 Å². The summed E-state index contributed by atoms with van der Waals surface area (Å²) in [5.41, 5.74) is 1.72. The molecule has 0 radical (unpaired) electrons. The molecule has 0 saturated carbocycles. The molecule has 156 valence electrons. The number of sulfonamides is 1. The second-order valence-corrected chi connectivity index (χ2v) is 8.75. The van der Waals surface area contributed by atoms with E-state index in [9.17, 15) is 18.0 Å². The van der Waals surface area contributed by atoms with E-state index >= 15 is 0 Å². The van der Waals surface area contributed by atoms with Gasteiger partial charge in [0.05, 0.1) is 29.7 Å². The van der Waals surface area contributed by atoms with Crippen molar-refractivity contribution in [3.63, 3.8) is 0 Å². The molecule has 0 bridgehead atoms. The highest BCUT2D eigenvalue weighted by Gasteiger charge is 2.16. The molecule has 3 rings (SSSR count). The van der Waals surface area contributed by atoms with Gasteiger partial charge in [0, 0.05) is 11.9 Å². The zero-order chi connectivity index (χ0) is 21.6. The van der Waals surface area contributed by atoms with Crippen molar-refractivity contribution in [2.75, 3.05) is 11.8 Å². The Labute approximate surface area is 178 Å². The fourth-order valence-electron chi connectivity index (χ4n) is 2.51. The Morgan fingerprint density at radius 1 is 1.07 bits per heavy atom. The van der Waals surface area contributed by atoms with Gasteiger partial charge in [0.25, 0.3) is 10.0 Å². The van der Waals surface area contributed by atoms with Crippen LogP contribution in [0.3, 0.4) is 0 Å². The second kappa shape index (κ2) is 9.51. The first-order chi connectivity index (χ1) is 14.4. The minimum atomic E-state index is -3.72. The lowest BCUT2D eigenvalue weighted by Crippen LogP contribution is -2.24. The van der Waals surface area contributed by atoms with Gasteiger partial charge in [0.15, 0.2) is 5.13 Å². The third kappa shape index (κ3) is 5.65.